The van der Waals surface area contributed by atoms with Crippen LogP contribution in [0.15, 0.2) is 133 Å². The van der Waals surface area contributed by atoms with E-state index in [0.717, 1.165) is 34.4 Å². The molecule has 0 amide bonds. The van der Waals surface area contributed by atoms with Gasteiger partial charge in [-0.25, -0.2) is 9.97 Å². The molecule has 0 saturated heterocycles. The van der Waals surface area contributed by atoms with Gasteiger partial charge in [-0.1, -0.05) is 66.7 Å². The lowest BCUT2D eigenvalue weighted by Gasteiger charge is -2.47. The first-order valence-corrected chi connectivity index (χ1v) is 12.3. The van der Waals surface area contributed by atoms with Gasteiger partial charge in [-0.15, -0.1) is 0 Å². The Labute approximate surface area is 208 Å². The third-order valence-electron chi connectivity index (χ3n) is 6.35. The fourth-order valence-corrected chi connectivity index (χ4v) is 6.57. The number of hydrogen-bond donors (Lipinski definition) is 0. The largest absolute Gasteiger partial charge is 0.290 e. The molecule has 0 bridgehead atoms. The molecular formula is C29H21N5S. The van der Waals surface area contributed by atoms with Crippen LogP contribution >= 0.6 is 11.8 Å². The van der Waals surface area contributed by atoms with Crippen LogP contribution in [0.25, 0.3) is 0 Å². The zero-order valence-electron chi connectivity index (χ0n) is 18.8. The van der Waals surface area contributed by atoms with Gasteiger partial charge in [0.15, 0.2) is 11.6 Å². The average molecular weight is 472 g/mol. The van der Waals surface area contributed by atoms with E-state index in [1.165, 1.54) is 4.90 Å². The number of thioether (sulfide) groups is 1. The number of hydrogen-bond acceptors (Lipinski definition) is 6. The number of anilines is 6. The van der Waals surface area contributed by atoms with Crippen LogP contribution in [0, 0.1) is 0 Å². The summed E-state index contributed by atoms with van der Waals surface area (Å²) < 4.78 is 0. The van der Waals surface area contributed by atoms with E-state index in [2.05, 4.69) is 118 Å². The fraction of sp³-hybridized carbons (Fsp3) is 0.0345. The maximum Gasteiger partial charge on any atom is 0.263 e. The summed E-state index contributed by atoms with van der Waals surface area (Å²) >= 11 is 1.81. The Morgan fingerprint density at radius 1 is 0.486 bits per heavy atom. The van der Waals surface area contributed by atoms with Crippen LogP contribution < -0.4 is 14.7 Å². The van der Waals surface area contributed by atoms with Gasteiger partial charge in [0.25, 0.3) is 5.12 Å². The first-order chi connectivity index (χ1) is 17.4. The van der Waals surface area contributed by atoms with Crippen LogP contribution in [0.4, 0.5) is 34.4 Å². The first-order valence-electron chi connectivity index (χ1n) is 11.5. The molecule has 5 nitrogen and oxygen atoms in total. The number of benzene rings is 4. The number of fused-ring (bicyclic) bond motifs is 2. The van der Waals surface area contributed by atoms with E-state index in [1.54, 1.807) is 12.4 Å². The molecule has 3 heterocycles. The van der Waals surface area contributed by atoms with Crippen LogP contribution in [0.2, 0.25) is 0 Å². The summed E-state index contributed by atoms with van der Waals surface area (Å²) in [6, 6.07) is 40.1. The second-order valence-electron chi connectivity index (χ2n) is 8.36. The smallest absolute Gasteiger partial charge is 0.263 e. The van der Waals surface area contributed by atoms with Crippen molar-refractivity contribution in [2.24, 2.45) is 0 Å². The van der Waals surface area contributed by atoms with Crippen molar-refractivity contribution in [2.75, 3.05) is 14.7 Å². The second kappa shape index (κ2) is 7.89. The maximum absolute atomic E-state index is 4.88. The van der Waals surface area contributed by atoms with Crippen LogP contribution in [-0.4, -0.2) is 15.1 Å². The molecule has 0 aliphatic carbocycles. The minimum Gasteiger partial charge on any atom is -0.290 e. The molecule has 1 aromatic heterocycles. The summed E-state index contributed by atoms with van der Waals surface area (Å²) in [6.45, 7) is 0. The highest BCUT2D eigenvalue weighted by Crippen LogP contribution is 2.65. The molecule has 2 aliphatic heterocycles. The summed E-state index contributed by atoms with van der Waals surface area (Å²) in [5, 5.41) is -0.739. The highest BCUT2D eigenvalue weighted by molar-refractivity contribution is 8.01. The van der Waals surface area contributed by atoms with E-state index in [0.29, 0.717) is 0 Å². The Balaban J connectivity index is 1.59. The van der Waals surface area contributed by atoms with Crippen LogP contribution in [0.3, 0.4) is 0 Å². The van der Waals surface area contributed by atoms with Crippen LogP contribution in [-0.2, 0) is 0 Å². The number of rotatable bonds is 3. The summed E-state index contributed by atoms with van der Waals surface area (Å²) in [5.74, 6) is 1.65. The van der Waals surface area contributed by atoms with Crippen LogP contribution in [0.5, 0.6) is 0 Å². The second-order valence-corrected chi connectivity index (χ2v) is 9.55. The molecule has 2 aliphatic rings. The molecule has 7 rings (SSSR count). The molecule has 35 heavy (non-hydrogen) atoms. The molecule has 0 fully saturated rings. The third kappa shape index (κ3) is 2.90. The maximum atomic E-state index is 4.88. The monoisotopic (exact) mass is 471 g/mol. The summed E-state index contributed by atoms with van der Waals surface area (Å²) in [5.41, 5.74) is 4.35. The Hall–Kier alpha value is -4.29. The molecule has 0 saturated carbocycles. The molecule has 168 valence electrons. The highest BCUT2D eigenvalue weighted by atomic mass is 32.2. The summed E-state index contributed by atoms with van der Waals surface area (Å²) in [4.78, 5) is 18.0. The fourth-order valence-electron chi connectivity index (χ4n) is 5.00. The molecule has 0 atom stereocenters. The van der Waals surface area contributed by atoms with E-state index in [-0.39, 0.29) is 0 Å². The van der Waals surface area contributed by atoms with Gasteiger partial charge in [-0.2, -0.15) is 0 Å². The minimum atomic E-state index is -0.739. The van der Waals surface area contributed by atoms with E-state index >= 15 is 0 Å². The minimum absolute atomic E-state index is 0.739. The standard InChI is InChI=1S/C29H21N5S/c1-4-12-22(13-5-1)32-25-18-10-11-19-26(25)35-29(32)33(23-14-6-2-7-15-23)27-28(31-21-20-30-27)34(29)24-16-8-3-9-17-24/h1-21H. The Morgan fingerprint density at radius 3 is 1.43 bits per heavy atom. The first kappa shape index (κ1) is 20.1. The predicted octanol–water partition coefficient (Wildman–Crippen LogP) is 7.32. The van der Waals surface area contributed by atoms with Crippen molar-refractivity contribution in [1.82, 2.24) is 9.97 Å². The molecule has 1 spiro atoms. The van der Waals surface area contributed by atoms with Crippen molar-refractivity contribution in [2.45, 2.75) is 10.0 Å². The summed E-state index contributed by atoms with van der Waals surface area (Å²) in [6.07, 6.45) is 3.55. The van der Waals surface area contributed by atoms with E-state index < -0.39 is 5.12 Å². The Bertz CT molecular complexity index is 1370. The van der Waals surface area contributed by atoms with E-state index in [4.69, 9.17) is 9.97 Å². The van der Waals surface area contributed by atoms with Crippen LogP contribution in [0.1, 0.15) is 0 Å². The van der Waals surface area contributed by atoms with Crippen molar-refractivity contribution >= 4 is 46.1 Å². The van der Waals surface area contributed by atoms with Crippen molar-refractivity contribution in [3.63, 3.8) is 0 Å². The Morgan fingerprint density at radius 2 is 0.914 bits per heavy atom. The molecule has 0 unspecified atom stereocenters. The molecular weight excluding hydrogens is 450 g/mol. The van der Waals surface area contributed by atoms with Gasteiger partial charge in [0.1, 0.15) is 0 Å². The van der Waals surface area contributed by atoms with Crippen molar-refractivity contribution in [3.8, 4) is 0 Å². The van der Waals surface area contributed by atoms with Gasteiger partial charge in [0.05, 0.1) is 5.69 Å². The predicted molar refractivity (Wildman–Crippen MR) is 143 cm³/mol. The Kier molecular flexibility index (Phi) is 4.53. The number of aromatic nitrogens is 2. The normalized spacial score (nSPS) is 15.4. The topological polar surface area (TPSA) is 35.5 Å². The van der Waals surface area contributed by atoms with Gasteiger partial charge in [0.2, 0.25) is 0 Å². The molecule has 5 aromatic rings. The van der Waals surface area contributed by atoms with Crippen molar-refractivity contribution in [3.05, 3.63) is 128 Å². The molecule has 6 heteroatoms. The molecule has 0 radical (unpaired) electrons. The quantitative estimate of drug-likeness (QED) is 0.274. The van der Waals surface area contributed by atoms with Crippen molar-refractivity contribution in [1.29, 1.82) is 0 Å². The van der Waals surface area contributed by atoms with Gasteiger partial charge in [0, 0.05) is 34.4 Å². The van der Waals surface area contributed by atoms with E-state index in [9.17, 15) is 0 Å². The molecule has 4 aromatic carbocycles. The van der Waals surface area contributed by atoms with Gasteiger partial charge >= 0.3 is 0 Å². The zero-order chi connectivity index (χ0) is 23.2. The third-order valence-corrected chi connectivity index (χ3v) is 7.74. The highest BCUT2D eigenvalue weighted by Gasteiger charge is 2.61. The molecule has 0 N–H and O–H groups in total. The SMILES string of the molecule is c1ccc(N2c3ccccc3SC23N(c2ccccc2)c2nccnc2N3c2ccccc2)cc1. The van der Waals surface area contributed by atoms with Gasteiger partial charge in [-0.3, -0.25) is 14.7 Å². The lowest BCUT2D eigenvalue weighted by molar-refractivity contribution is 0.644. The lowest BCUT2D eigenvalue weighted by Crippen LogP contribution is -2.59. The van der Waals surface area contributed by atoms with Crippen molar-refractivity contribution < 1.29 is 0 Å². The number of nitrogens with zero attached hydrogens (tertiary/aromatic N) is 5. The zero-order valence-corrected chi connectivity index (χ0v) is 19.6. The number of para-hydroxylation sites is 4. The van der Waals surface area contributed by atoms with Gasteiger partial charge in [-0.05, 0) is 60.3 Å². The average Bonchev–Trinajstić information content (AvgIpc) is 3.41. The van der Waals surface area contributed by atoms with E-state index in [1.807, 2.05) is 23.9 Å². The summed E-state index contributed by atoms with van der Waals surface area (Å²) in [7, 11) is 0. The van der Waals surface area contributed by atoms with Gasteiger partial charge < -0.3 is 0 Å². The lowest BCUT2D eigenvalue weighted by atomic mass is 10.2.